The van der Waals surface area contributed by atoms with E-state index in [1.165, 1.54) is 75.8 Å². The largest absolute Gasteiger partial charge is 0.493 e. The Bertz CT molecular complexity index is 2310. The normalized spacial score (nSPS) is 12.9. The molecule has 2 nitrogen and oxygen atoms in total. The minimum Gasteiger partial charge on any atom is -0.493 e. The van der Waals surface area contributed by atoms with Crippen LogP contribution in [0.2, 0.25) is 0 Å². The third kappa shape index (κ3) is 5.31. The Balaban J connectivity index is 1.50. The molecular weight excluding hydrogens is 609 g/mol. The van der Waals surface area contributed by atoms with Gasteiger partial charge in [0.1, 0.15) is 11.5 Å². The first-order valence-corrected chi connectivity index (χ1v) is 18.8. The molecule has 8 aromatic carbocycles. The molecule has 254 valence electrons. The Kier molecular flexibility index (Phi) is 7.86. The highest BCUT2D eigenvalue weighted by atomic mass is 16.5. The highest BCUT2D eigenvalue weighted by Gasteiger charge is 2.26. The molecule has 0 amide bonds. The monoisotopic (exact) mass is 658 g/mol. The van der Waals surface area contributed by atoms with Crippen molar-refractivity contribution in [3.8, 4) is 22.6 Å². The highest BCUT2D eigenvalue weighted by molar-refractivity contribution is 6.31. The van der Waals surface area contributed by atoms with E-state index >= 15 is 0 Å². The number of rotatable bonds is 9. The lowest BCUT2D eigenvalue weighted by molar-refractivity contribution is 0.307. The summed E-state index contributed by atoms with van der Waals surface area (Å²) in [5.41, 5.74) is 5.14. The smallest absolute Gasteiger partial charge is 0.128 e. The fourth-order valence-corrected chi connectivity index (χ4v) is 8.00. The fraction of sp³-hybridized carbons (Fsp3) is 0.333. The van der Waals surface area contributed by atoms with Gasteiger partial charge < -0.3 is 9.47 Å². The van der Waals surface area contributed by atoms with Crippen LogP contribution in [0.15, 0.2) is 84.9 Å². The molecule has 0 aromatic heterocycles. The maximum absolute atomic E-state index is 6.81. The van der Waals surface area contributed by atoms with Crippen molar-refractivity contribution >= 4 is 64.6 Å². The molecule has 0 saturated carbocycles. The lowest BCUT2D eigenvalue weighted by Crippen LogP contribution is -2.11. The minimum absolute atomic E-state index is 0.0655. The van der Waals surface area contributed by atoms with Crippen molar-refractivity contribution in [2.45, 2.75) is 91.9 Å². The second-order valence-corrected chi connectivity index (χ2v) is 16.6. The summed E-state index contributed by atoms with van der Waals surface area (Å²) in [5, 5.41) is 15.3. The molecule has 0 N–H and O–H groups in total. The molecule has 8 rings (SSSR count). The van der Waals surface area contributed by atoms with E-state index in [-0.39, 0.29) is 10.8 Å². The zero-order chi connectivity index (χ0) is 34.9. The molecule has 8 aromatic rings. The molecule has 0 atom stereocenters. The van der Waals surface area contributed by atoms with Crippen LogP contribution in [0.1, 0.15) is 92.2 Å². The fourth-order valence-electron chi connectivity index (χ4n) is 8.00. The summed E-state index contributed by atoms with van der Waals surface area (Å²) in [4.78, 5) is 0. The Hall–Kier alpha value is -4.56. The summed E-state index contributed by atoms with van der Waals surface area (Å²) >= 11 is 0. The zero-order valence-electron chi connectivity index (χ0n) is 31.1. The Labute approximate surface area is 297 Å². The van der Waals surface area contributed by atoms with Gasteiger partial charge in [-0.2, -0.15) is 0 Å². The topological polar surface area (TPSA) is 18.5 Å². The summed E-state index contributed by atoms with van der Waals surface area (Å²) in [7, 11) is 0. The van der Waals surface area contributed by atoms with E-state index in [1.807, 2.05) is 0 Å². The summed E-state index contributed by atoms with van der Waals surface area (Å²) in [5.74, 6) is 1.87. The van der Waals surface area contributed by atoms with Crippen molar-refractivity contribution in [3.63, 3.8) is 0 Å². The minimum atomic E-state index is 0.0655. The molecule has 0 unspecified atom stereocenters. The summed E-state index contributed by atoms with van der Waals surface area (Å²) in [6, 6.07) is 32.7. The maximum atomic E-state index is 6.81. The highest BCUT2D eigenvalue weighted by Crippen LogP contribution is 2.52. The molecule has 0 aliphatic rings. The Morgan fingerprint density at radius 3 is 1.06 bits per heavy atom. The number of hydrogen-bond donors (Lipinski definition) is 0. The first kappa shape index (κ1) is 32.6. The van der Waals surface area contributed by atoms with Gasteiger partial charge in [-0.1, -0.05) is 141 Å². The molecule has 0 aliphatic heterocycles. The van der Waals surface area contributed by atoms with E-state index in [9.17, 15) is 0 Å². The van der Waals surface area contributed by atoms with Gasteiger partial charge in [-0.05, 0) is 112 Å². The molecule has 0 aliphatic carbocycles. The van der Waals surface area contributed by atoms with E-state index in [0.29, 0.717) is 13.2 Å². The van der Waals surface area contributed by atoms with Crippen LogP contribution >= 0.6 is 0 Å². The summed E-state index contributed by atoms with van der Waals surface area (Å²) in [6.07, 6.45) is 4.18. The average Bonchev–Trinajstić information content (AvgIpc) is 3.08. The van der Waals surface area contributed by atoms with Gasteiger partial charge >= 0.3 is 0 Å². The molecule has 0 bridgehead atoms. The number of benzene rings is 8. The van der Waals surface area contributed by atoms with Crippen molar-refractivity contribution < 1.29 is 9.47 Å². The summed E-state index contributed by atoms with van der Waals surface area (Å²) in [6.45, 7) is 19.6. The van der Waals surface area contributed by atoms with E-state index in [2.05, 4.69) is 140 Å². The third-order valence-electron chi connectivity index (χ3n) is 10.9. The Morgan fingerprint density at radius 2 is 0.740 bits per heavy atom. The van der Waals surface area contributed by atoms with Crippen molar-refractivity contribution in [1.29, 1.82) is 0 Å². The molecule has 0 radical (unpaired) electrons. The van der Waals surface area contributed by atoms with E-state index in [1.54, 1.807) is 0 Å². The van der Waals surface area contributed by atoms with Crippen molar-refractivity contribution in [2.24, 2.45) is 0 Å². The standard InChI is InChI=1S/C48H50O2/c1-9-11-21-49-39-27-33-15-13-29-23-35(47(3,4)5)25-31-17-19-37(43(33)41(29)31)45(39)46-38-20-18-32-26-36(48(6,7)8)24-30-14-16-34(44(38)42(30)32)28-40(46)50-22-12-10-2/h13-20,23-28H,9-12,21-22H2,1-8H3. The van der Waals surface area contributed by atoms with Gasteiger partial charge in [0.25, 0.3) is 0 Å². The number of unbranched alkanes of at least 4 members (excludes halogenated alkanes) is 2. The van der Waals surface area contributed by atoms with Gasteiger partial charge in [0.05, 0.1) is 13.2 Å². The maximum Gasteiger partial charge on any atom is 0.128 e. The number of ether oxygens (including phenoxy) is 2. The zero-order valence-corrected chi connectivity index (χ0v) is 31.1. The van der Waals surface area contributed by atoms with Gasteiger partial charge in [0.2, 0.25) is 0 Å². The van der Waals surface area contributed by atoms with Gasteiger partial charge in [0.15, 0.2) is 0 Å². The van der Waals surface area contributed by atoms with E-state index in [4.69, 9.17) is 9.47 Å². The average molecular weight is 659 g/mol. The molecule has 0 fully saturated rings. The molecule has 50 heavy (non-hydrogen) atoms. The van der Waals surface area contributed by atoms with E-state index in [0.717, 1.165) is 48.3 Å². The van der Waals surface area contributed by atoms with Crippen LogP contribution in [0.3, 0.4) is 0 Å². The van der Waals surface area contributed by atoms with Crippen molar-refractivity contribution in [1.82, 2.24) is 0 Å². The molecule has 2 heteroatoms. The molecule has 0 heterocycles. The molecule has 0 saturated heterocycles. The lowest BCUT2D eigenvalue weighted by atomic mass is 9.81. The molecular formula is C48H50O2. The quantitative estimate of drug-likeness (QED) is 0.113. The number of hydrogen-bond acceptors (Lipinski definition) is 2. The van der Waals surface area contributed by atoms with Crippen LogP contribution in [-0.2, 0) is 10.8 Å². The predicted molar refractivity (Wildman–Crippen MR) is 217 cm³/mol. The first-order chi connectivity index (χ1) is 24.0. The van der Waals surface area contributed by atoms with E-state index < -0.39 is 0 Å². The predicted octanol–water partition coefficient (Wildman–Crippen LogP) is 14.1. The van der Waals surface area contributed by atoms with Gasteiger partial charge in [0, 0.05) is 11.1 Å². The van der Waals surface area contributed by atoms with Gasteiger partial charge in [-0.15, -0.1) is 0 Å². The Morgan fingerprint density at radius 1 is 0.420 bits per heavy atom. The van der Waals surface area contributed by atoms with Crippen LogP contribution < -0.4 is 9.47 Å². The van der Waals surface area contributed by atoms with Crippen LogP contribution in [0, 0.1) is 0 Å². The molecule has 0 spiro atoms. The van der Waals surface area contributed by atoms with Crippen LogP contribution in [-0.4, -0.2) is 13.2 Å². The first-order valence-electron chi connectivity index (χ1n) is 18.8. The van der Waals surface area contributed by atoms with Crippen molar-refractivity contribution in [2.75, 3.05) is 13.2 Å². The van der Waals surface area contributed by atoms with Crippen LogP contribution in [0.25, 0.3) is 75.8 Å². The van der Waals surface area contributed by atoms with Crippen LogP contribution in [0.5, 0.6) is 11.5 Å². The van der Waals surface area contributed by atoms with Gasteiger partial charge in [-0.25, -0.2) is 0 Å². The van der Waals surface area contributed by atoms with Crippen molar-refractivity contribution in [3.05, 3.63) is 96.1 Å². The SMILES string of the molecule is CCCCOc1cc2ccc3cc(C(C)(C)C)cc4ccc(c1-c1c(OCCCC)cc5ccc6cc(C(C)(C)C)cc7ccc1c5c67)c2c34. The third-order valence-corrected chi connectivity index (χ3v) is 10.9. The lowest BCUT2D eigenvalue weighted by Gasteiger charge is -2.25. The van der Waals surface area contributed by atoms with Gasteiger partial charge in [-0.3, -0.25) is 0 Å². The van der Waals surface area contributed by atoms with Crippen LogP contribution in [0.4, 0.5) is 0 Å². The second kappa shape index (κ2) is 12.0. The second-order valence-electron chi connectivity index (χ2n) is 16.6. The summed E-state index contributed by atoms with van der Waals surface area (Å²) < 4.78 is 13.6.